The van der Waals surface area contributed by atoms with Crippen LogP contribution in [-0.2, 0) is 0 Å². The van der Waals surface area contributed by atoms with E-state index in [2.05, 4.69) is 17.6 Å². The Balaban J connectivity index is 2.43. The zero-order valence-corrected chi connectivity index (χ0v) is 11.2. The molecule has 2 N–H and O–H groups in total. The van der Waals surface area contributed by atoms with Crippen LogP contribution in [0.4, 0.5) is 0 Å². The van der Waals surface area contributed by atoms with Gasteiger partial charge in [-0.05, 0) is 42.9 Å². The number of thiocarbonyl (C=S) groups is 1. The molecule has 1 aromatic carbocycles. The van der Waals surface area contributed by atoms with E-state index in [0.29, 0.717) is 15.7 Å². The molecule has 0 unspecified atom stereocenters. The van der Waals surface area contributed by atoms with Gasteiger partial charge in [-0.2, -0.15) is 0 Å². The fourth-order valence-corrected chi connectivity index (χ4v) is 1.52. The van der Waals surface area contributed by atoms with Crippen molar-refractivity contribution in [1.29, 1.82) is 0 Å². The zero-order chi connectivity index (χ0) is 12.7. The summed E-state index contributed by atoms with van der Waals surface area (Å²) in [5.41, 5.74) is 0.536. The van der Waals surface area contributed by atoms with Crippen molar-refractivity contribution < 1.29 is 4.79 Å². The van der Waals surface area contributed by atoms with Gasteiger partial charge in [0, 0.05) is 17.1 Å². The molecule has 1 aromatic rings. The molecular formula is C12H15ClN2OS. The van der Waals surface area contributed by atoms with Crippen LogP contribution in [0.1, 0.15) is 30.1 Å². The van der Waals surface area contributed by atoms with E-state index in [0.717, 1.165) is 19.4 Å². The molecule has 17 heavy (non-hydrogen) atoms. The summed E-state index contributed by atoms with van der Waals surface area (Å²) in [5, 5.41) is 6.54. The molecule has 1 amide bonds. The van der Waals surface area contributed by atoms with E-state index in [4.69, 9.17) is 23.8 Å². The number of benzene rings is 1. The third-order valence-electron chi connectivity index (χ3n) is 2.15. The summed E-state index contributed by atoms with van der Waals surface area (Å²) in [4.78, 5) is 11.7. The standard InChI is InChI=1S/C12H15ClN2OS/c1-2-3-8-14-12(17)15-11(16)9-4-6-10(13)7-5-9/h4-7H,2-3,8H2,1H3,(H2,14,15,16,17). The Morgan fingerprint density at radius 2 is 2.00 bits per heavy atom. The largest absolute Gasteiger partial charge is 0.362 e. The predicted octanol–water partition coefficient (Wildman–Crippen LogP) is 2.74. The quantitative estimate of drug-likeness (QED) is 0.653. The van der Waals surface area contributed by atoms with Crippen molar-refractivity contribution in [3.05, 3.63) is 34.9 Å². The summed E-state index contributed by atoms with van der Waals surface area (Å²) >= 11 is 10.7. The lowest BCUT2D eigenvalue weighted by Crippen LogP contribution is -2.39. The SMILES string of the molecule is CCCCNC(=S)NC(=O)c1ccc(Cl)cc1. The Labute approximate surface area is 112 Å². The molecule has 3 nitrogen and oxygen atoms in total. The molecule has 1 rings (SSSR count). The number of carbonyl (C=O) groups excluding carboxylic acids is 1. The maximum absolute atomic E-state index is 11.7. The number of carbonyl (C=O) groups is 1. The minimum atomic E-state index is -0.226. The third kappa shape index (κ3) is 5.15. The summed E-state index contributed by atoms with van der Waals surface area (Å²) in [6, 6.07) is 6.66. The van der Waals surface area contributed by atoms with E-state index in [1.54, 1.807) is 24.3 Å². The van der Waals surface area contributed by atoms with Gasteiger partial charge in [-0.3, -0.25) is 10.1 Å². The average Bonchev–Trinajstić information content (AvgIpc) is 2.30. The van der Waals surface area contributed by atoms with Gasteiger partial charge in [0.1, 0.15) is 0 Å². The van der Waals surface area contributed by atoms with Gasteiger partial charge in [0.05, 0.1) is 0 Å². The van der Waals surface area contributed by atoms with Gasteiger partial charge >= 0.3 is 0 Å². The number of amides is 1. The molecule has 0 aromatic heterocycles. The van der Waals surface area contributed by atoms with Crippen LogP contribution in [0.3, 0.4) is 0 Å². The second kappa shape index (κ2) is 7.25. The van der Waals surface area contributed by atoms with Gasteiger partial charge in [0.25, 0.3) is 5.91 Å². The Bertz CT molecular complexity index is 392. The lowest BCUT2D eigenvalue weighted by Gasteiger charge is -2.08. The molecule has 5 heteroatoms. The highest BCUT2D eigenvalue weighted by atomic mass is 35.5. The van der Waals surface area contributed by atoms with Crippen molar-refractivity contribution in [2.75, 3.05) is 6.54 Å². The molecule has 0 saturated heterocycles. The van der Waals surface area contributed by atoms with Crippen molar-refractivity contribution in [1.82, 2.24) is 10.6 Å². The van der Waals surface area contributed by atoms with E-state index < -0.39 is 0 Å². The van der Waals surface area contributed by atoms with E-state index in [-0.39, 0.29) is 5.91 Å². The molecule has 92 valence electrons. The molecular weight excluding hydrogens is 256 g/mol. The summed E-state index contributed by atoms with van der Waals surface area (Å²) < 4.78 is 0. The number of nitrogens with one attached hydrogen (secondary N) is 2. The molecule has 0 heterocycles. The molecule has 0 saturated carbocycles. The van der Waals surface area contributed by atoms with E-state index in [1.165, 1.54) is 0 Å². The Morgan fingerprint density at radius 3 is 2.59 bits per heavy atom. The van der Waals surface area contributed by atoms with E-state index in [9.17, 15) is 4.79 Å². The van der Waals surface area contributed by atoms with Crippen LogP contribution in [0.25, 0.3) is 0 Å². The maximum Gasteiger partial charge on any atom is 0.257 e. The van der Waals surface area contributed by atoms with E-state index in [1.807, 2.05) is 0 Å². The summed E-state index contributed by atoms with van der Waals surface area (Å²) in [6.45, 7) is 2.87. The first-order chi connectivity index (χ1) is 8.13. The Kier molecular flexibility index (Phi) is 5.94. The highest BCUT2D eigenvalue weighted by molar-refractivity contribution is 7.80. The highest BCUT2D eigenvalue weighted by Crippen LogP contribution is 2.09. The average molecular weight is 271 g/mol. The van der Waals surface area contributed by atoms with Crippen molar-refractivity contribution in [3.63, 3.8) is 0 Å². The van der Waals surface area contributed by atoms with Gasteiger partial charge in [0.15, 0.2) is 5.11 Å². The topological polar surface area (TPSA) is 41.1 Å². The summed E-state index contributed by atoms with van der Waals surface area (Å²) in [6.07, 6.45) is 2.11. The highest BCUT2D eigenvalue weighted by Gasteiger charge is 2.06. The van der Waals surface area contributed by atoms with Crippen molar-refractivity contribution in [2.24, 2.45) is 0 Å². The van der Waals surface area contributed by atoms with Crippen LogP contribution < -0.4 is 10.6 Å². The molecule has 0 aliphatic heterocycles. The van der Waals surface area contributed by atoms with Crippen LogP contribution >= 0.6 is 23.8 Å². The molecule has 0 aliphatic rings. The third-order valence-corrected chi connectivity index (χ3v) is 2.65. The second-order valence-corrected chi connectivity index (χ2v) is 4.42. The van der Waals surface area contributed by atoms with Crippen LogP contribution in [0, 0.1) is 0 Å². The second-order valence-electron chi connectivity index (χ2n) is 3.57. The van der Waals surface area contributed by atoms with Gasteiger partial charge < -0.3 is 5.32 Å². The summed E-state index contributed by atoms with van der Waals surface area (Å²) in [5.74, 6) is -0.226. The zero-order valence-electron chi connectivity index (χ0n) is 9.63. The maximum atomic E-state index is 11.7. The molecule has 0 atom stereocenters. The summed E-state index contributed by atoms with van der Waals surface area (Å²) in [7, 11) is 0. The number of hydrogen-bond donors (Lipinski definition) is 2. The van der Waals surface area contributed by atoms with Crippen molar-refractivity contribution in [2.45, 2.75) is 19.8 Å². The van der Waals surface area contributed by atoms with Crippen molar-refractivity contribution in [3.8, 4) is 0 Å². The predicted molar refractivity (Wildman–Crippen MR) is 74.4 cm³/mol. The van der Waals surface area contributed by atoms with Gasteiger partial charge in [-0.25, -0.2) is 0 Å². The van der Waals surface area contributed by atoms with Gasteiger partial charge in [0.2, 0.25) is 0 Å². The Hall–Kier alpha value is -1.13. The van der Waals surface area contributed by atoms with Crippen LogP contribution in [0.2, 0.25) is 5.02 Å². The normalized spacial score (nSPS) is 9.76. The number of halogens is 1. The number of unbranched alkanes of at least 4 members (excludes halogenated alkanes) is 1. The fourth-order valence-electron chi connectivity index (χ4n) is 1.20. The van der Waals surface area contributed by atoms with Crippen LogP contribution in [-0.4, -0.2) is 17.6 Å². The lowest BCUT2D eigenvalue weighted by molar-refractivity contribution is 0.0976. The lowest BCUT2D eigenvalue weighted by atomic mass is 10.2. The number of hydrogen-bond acceptors (Lipinski definition) is 2. The smallest absolute Gasteiger partial charge is 0.257 e. The minimum Gasteiger partial charge on any atom is -0.362 e. The molecule has 0 aliphatic carbocycles. The van der Waals surface area contributed by atoms with Gasteiger partial charge in [-0.15, -0.1) is 0 Å². The number of rotatable bonds is 4. The van der Waals surface area contributed by atoms with Crippen molar-refractivity contribution >= 4 is 34.8 Å². The van der Waals surface area contributed by atoms with Crippen LogP contribution in [0.5, 0.6) is 0 Å². The van der Waals surface area contributed by atoms with E-state index >= 15 is 0 Å². The van der Waals surface area contributed by atoms with Crippen LogP contribution in [0.15, 0.2) is 24.3 Å². The monoisotopic (exact) mass is 270 g/mol. The first-order valence-electron chi connectivity index (χ1n) is 5.48. The van der Waals surface area contributed by atoms with Gasteiger partial charge in [-0.1, -0.05) is 24.9 Å². The molecule has 0 radical (unpaired) electrons. The minimum absolute atomic E-state index is 0.226. The first kappa shape index (κ1) is 13.9. The fraction of sp³-hybridized carbons (Fsp3) is 0.333. The molecule has 0 spiro atoms. The molecule has 0 fully saturated rings. The Morgan fingerprint density at radius 1 is 1.35 bits per heavy atom. The first-order valence-corrected chi connectivity index (χ1v) is 6.27. The molecule has 0 bridgehead atoms.